The summed E-state index contributed by atoms with van der Waals surface area (Å²) in [6.45, 7) is 2.14. The Labute approximate surface area is 162 Å². The van der Waals surface area contributed by atoms with E-state index in [1.54, 1.807) is 43.3 Å². The van der Waals surface area contributed by atoms with E-state index < -0.39 is 18.0 Å². The summed E-state index contributed by atoms with van der Waals surface area (Å²) in [5.74, 6) is -1.62. The van der Waals surface area contributed by atoms with Gasteiger partial charge in [0.1, 0.15) is 5.82 Å². The van der Waals surface area contributed by atoms with Crippen LogP contribution in [0.3, 0.4) is 0 Å². The van der Waals surface area contributed by atoms with Crippen molar-refractivity contribution < 1.29 is 23.5 Å². The second-order valence-corrected chi connectivity index (χ2v) is 6.51. The van der Waals surface area contributed by atoms with Crippen molar-refractivity contribution in [1.82, 2.24) is 10.2 Å². The van der Waals surface area contributed by atoms with Crippen LogP contribution in [-0.2, 0) is 27.3 Å². The molecule has 1 N–H and O–H groups in total. The van der Waals surface area contributed by atoms with Crippen molar-refractivity contribution in [3.05, 3.63) is 71.0 Å². The number of nitrogens with one attached hydrogen (secondary N) is 1. The summed E-state index contributed by atoms with van der Waals surface area (Å²) in [6, 6.07) is 12.8. The maximum absolute atomic E-state index is 12.9. The number of carbonyl (C=O) groups excluding carboxylic acids is 3. The van der Waals surface area contributed by atoms with Gasteiger partial charge in [0, 0.05) is 19.5 Å². The molecular formula is C21H21FN2O4. The number of nitrogens with zero attached hydrogens (tertiary/aromatic N) is 1. The number of amides is 2. The van der Waals surface area contributed by atoms with E-state index >= 15 is 0 Å². The van der Waals surface area contributed by atoms with Gasteiger partial charge in [0.2, 0.25) is 5.91 Å². The molecule has 2 amide bonds. The van der Waals surface area contributed by atoms with Gasteiger partial charge in [-0.3, -0.25) is 9.59 Å². The molecule has 28 heavy (non-hydrogen) atoms. The van der Waals surface area contributed by atoms with Crippen molar-refractivity contribution >= 4 is 17.8 Å². The van der Waals surface area contributed by atoms with Crippen molar-refractivity contribution in [3.8, 4) is 0 Å². The second kappa shape index (κ2) is 8.65. The van der Waals surface area contributed by atoms with Gasteiger partial charge in [-0.15, -0.1) is 0 Å². The first-order valence-electron chi connectivity index (χ1n) is 9.06. The predicted molar refractivity (Wildman–Crippen MR) is 99.9 cm³/mol. The van der Waals surface area contributed by atoms with Gasteiger partial charge in [0.15, 0.2) is 6.10 Å². The molecule has 0 aromatic heterocycles. The molecule has 1 unspecified atom stereocenters. The molecule has 7 heteroatoms. The number of carbonyl (C=O) groups is 3. The van der Waals surface area contributed by atoms with Crippen molar-refractivity contribution in [2.24, 2.45) is 0 Å². The molecular weight excluding hydrogens is 363 g/mol. The van der Waals surface area contributed by atoms with Gasteiger partial charge < -0.3 is 15.0 Å². The predicted octanol–water partition coefficient (Wildman–Crippen LogP) is 2.07. The fourth-order valence-corrected chi connectivity index (χ4v) is 3.05. The van der Waals surface area contributed by atoms with Crippen molar-refractivity contribution in [3.63, 3.8) is 0 Å². The highest BCUT2D eigenvalue weighted by Gasteiger charge is 2.33. The highest BCUT2D eigenvalue weighted by Crippen LogP contribution is 2.21. The van der Waals surface area contributed by atoms with Crippen LogP contribution in [0.4, 0.5) is 4.39 Å². The van der Waals surface area contributed by atoms with Gasteiger partial charge in [-0.05, 0) is 36.2 Å². The maximum atomic E-state index is 12.9. The van der Waals surface area contributed by atoms with Gasteiger partial charge in [0.25, 0.3) is 5.91 Å². The third-order valence-corrected chi connectivity index (χ3v) is 4.60. The number of cyclic esters (lactones) is 1. The van der Waals surface area contributed by atoms with Crippen LogP contribution in [0.5, 0.6) is 0 Å². The summed E-state index contributed by atoms with van der Waals surface area (Å²) in [5.41, 5.74) is 1.97. The van der Waals surface area contributed by atoms with Crippen LogP contribution in [0, 0.1) is 5.82 Å². The zero-order chi connectivity index (χ0) is 20.1. The maximum Gasteiger partial charge on any atom is 0.339 e. The lowest BCUT2D eigenvalue weighted by atomic mass is 9.98. The lowest BCUT2D eigenvalue weighted by Gasteiger charge is -2.29. The molecule has 0 bridgehead atoms. The molecule has 0 saturated carbocycles. The number of esters is 1. The summed E-state index contributed by atoms with van der Waals surface area (Å²) < 4.78 is 18.2. The van der Waals surface area contributed by atoms with Crippen LogP contribution in [0.25, 0.3) is 0 Å². The van der Waals surface area contributed by atoms with Crippen LogP contribution in [0.1, 0.15) is 28.4 Å². The first-order chi connectivity index (χ1) is 13.5. The van der Waals surface area contributed by atoms with Crippen LogP contribution in [0.2, 0.25) is 0 Å². The topological polar surface area (TPSA) is 75.7 Å². The van der Waals surface area contributed by atoms with Gasteiger partial charge in [0.05, 0.1) is 12.1 Å². The molecule has 3 rings (SSSR count). The Morgan fingerprint density at radius 2 is 1.89 bits per heavy atom. The average Bonchev–Trinajstić information content (AvgIpc) is 2.71. The zero-order valence-electron chi connectivity index (χ0n) is 15.5. The molecule has 1 aliphatic heterocycles. The largest absolute Gasteiger partial charge is 0.448 e. The minimum atomic E-state index is -0.938. The number of hydrogen-bond acceptors (Lipinski definition) is 4. The fraction of sp³-hybridized carbons (Fsp3) is 0.286. The Bertz CT molecular complexity index is 882. The molecule has 0 fully saturated rings. The third kappa shape index (κ3) is 4.54. The van der Waals surface area contributed by atoms with E-state index in [0.717, 1.165) is 11.1 Å². The van der Waals surface area contributed by atoms with E-state index in [0.29, 0.717) is 12.1 Å². The van der Waals surface area contributed by atoms with Crippen LogP contribution in [-0.4, -0.2) is 41.9 Å². The first-order valence-corrected chi connectivity index (χ1v) is 9.06. The Kier molecular flexibility index (Phi) is 6.03. The number of rotatable bonds is 6. The summed E-state index contributed by atoms with van der Waals surface area (Å²) >= 11 is 0. The SMILES string of the molecule is CCN(CC(=O)NCc1ccc(F)cc1)C(=O)C1Cc2ccccc2C(=O)O1. The molecule has 0 saturated heterocycles. The molecule has 0 aliphatic carbocycles. The van der Waals surface area contributed by atoms with Crippen LogP contribution in [0.15, 0.2) is 48.5 Å². The summed E-state index contributed by atoms with van der Waals surface area (Å²) in [5, 5.41) is 2.70. The van der Waals surface area contributed by atoms with E-state index in [-0.39, 0.29) is 31.2 Å². The van der Waals surface area contributed by atoms with Gasteiger partial charge in [-0.1, -0.05) is 30.3 Å². The normalized spacial score (nSPS) is 15.4. The highest BCUT2D eigenvalue weighted by atomic mass is 19.1. The van der Waals surface area contributed by atoms with Crippen molar-refractivity contribution in [2.45, 2.75) is 26.0 Å². The van der Waals surface area contributed by atoms with E-state index in [9.17, 15) is 18.8 Å². The first kappa shape index (κ1) is 19.5. The Morgan fingerprint density at radius 3 is 2.61 bits per heavy atom. The highest BCUT2D eigenvalue weighted by molar-refractivity contribution is 5.96. The van der Waals surface area contributed by atoms with Crippen LogP contribution >= 0.6 is 0 Å². The molecule has 2 aromatic rings. The van der Waals surface area contributed by atoms with Crippen LogP contribution < -0.4 is 5.32 Å². The molecule has 0 radical (unpaired) electrons. The minimum Gasteiger partial charge on any atom is -0.448 e. The van der Waals surface area contributed by atoms with Crippen molar-refractivity contribution in [2.75, 3.05) is 13.1 Å². The standard InChI is InChI=1S/C21H21FN2O4/c1-2-24(13-19(25)23-12-14-7-9-16(22)10-8-14)20(26)18-11-15-5-3-4-6-17(15)21(27)28-18/h3-10,18H,2,11-13H2,1H3,(H,23,25). The average molecular weight is 384 g/mol. The number of halogens is 1. The monoisotopic (exact) mass is 384 g/mol. The number of benzene rings is 2. The van der Waals surface area contributed by atoms with Crippen molar-refractivity contribution in [1.29, 1.82) is 0 Å². The molecule has 1 heterocycles. The summed E-state index contributed by atoms with van der Waals surface area (Å²) in [7, 11) is 0. The third-order valence-electron chi connectivity index (χ3n) is 4.60. The second-order valence-electron chi connectivity index (χ2n) is 6.51. The number of hydrogen-bond donors (Lipinski definition) is 1. The van der Waals surface area contributed by atoms with Gasteiger partial charge >= 0.3 is 5.97 Å². The van der Waals surface area contributed by atoms with E-state index in [1.165, 1.54) is 17.0 Å². The van der Waals surface area contributed by atoms with Gasteiger partial charge in [-0.25, -0.2) is 9.18 Å². The Hall–Kier alpha value is -3.22. The molecule has 6 nitrogen and oxygen atoms in total. The number of ether oxygens (including phenoxy) is 1. The molecule has 1 atom stereocenters. The van der Waals surface area contributed by atoms with Gasteiger partial charge in [-0.2, -0.15) is 0 Å². The van der Waals surface area contributed by atoms with E-state index in [4.69, 9.17) is 4.74 Å². The molecule has 1 aliphatic rings. The lowest BCUT2D eigenvalue weighted by Crippen LogP contribution is -2.48. The minimum absolute atomic E-state index is 0.147. The summed E-state index contributed by atoms with van der Waals surface area (Å²) in [4.78, 5) is 38.4. The number of likely N-dealkylation sites (N-methyl/N-ethyl adjacent to an activating group) is 1. The fourth-order valence-electron chi connectivity index (χ4n) is 3.05. The zero-order valence-corrected chi connectivity index (χ0v) is 15.5. The molecule has 2 aromatic carbocycles. The molecule has 146 valence electrons. The molecule has 0 spiro atoms. The summed E-state index contributed by atoms with van der Waals surface area (Å²) in [6.07, 6.45) is -0.652. The smallest absolute Gasteiger partial charge is 0.339 e. The quantitative estimate of drug-likeness (QED) is 0.774. The van der Waals surface area contributed by atoms with E-state index in [1.807, 2.05) is 0 Å². The Morgan fingerprint density at radius 1 is 1.18 bits per heavy atom. The number of fused-ring (bicyclic) bond motifs is 1. The lowest BCUT2D eigenvalue weighted by molar-refractivity contribution is -0.143. The van der Waals surface area contributed by atoms with E-state index in [2.05, 4.69) is 5.32 Å². The Balaban J connectivity index is 1.58.